The van der Waals surface area contributed by atoms with Crippen molar-refractivity contribution < 1.29 is 22.4 Å². The molecule has 1 aromatic carbocycles. The Balaban J connectivity index is 2.06. The van der Waals surface area contributed by atoms with E-state index in [4.69, 9.17) is 11.6 Å². The van der Waals surface area contributed by atoms with E-state index in [0.29, 0.717) is 12.8 Å². The molecule has 0 unspecified atom stereocenters. The van der Waals surface area contributed by atoms with E-state index in [1.165, 1.54) is 12.1 Å². The second-order valence-electron chi connectivity index (χ2n) is 5.17. The van der Waals surface area contributed by atoms with Crippen LogP contribution in [0, 0.1) is 11.7 Å². The molecule has 0 aliphatic heterocycles. The van der Waals surface area contributed by atoms with Crippen LogP contribution in [0.2, 0.25) is 5.02 Å². The second kappa shape index (κ2) is 6.22. The summed E-state index contributed by atoms with van der Waals surface area (Å²) in [4.78, 5) is 12.0. The molecule has 2 rings (SSSR count). The summed E-state index contributed by atoms with van der Waals surface area (Å²) >= 11 is 5.76. The lowest BCUT2D eigenvalue weighted by Gasteiger charge is -2.31. The van der Waals surface area contributed by atoms with E-state index in [2.05, 4.69) is 5.32 Å². The number of benzene rings is 1. The van der Waals surface area contributed by atoms with Gasteiger partial charge in [0.25, 0.3) is 5.91 Å². The highest BCUT2D eigenvalue weighted by atomic mass is 35.5. The third-order valence-electron chi connectivity index (χ3n) is 3.66. The van der Waals surface area contributed by atoms with Crippen LogP contribution >= 0.6 is 11.6 Å². The van der Waals surface area contributed by atoms with Crippen LogP contribution in [0.4, 0.5) is 17.6 Å². The lowest BCUT2D eigenvalue weighted by atomic mass is 9.85. The number of amides is 1. The Morgan fingerprint density at radius 2 is 2.00 bits per heavy atom. The zero-order valence-electron chi connectivity index (χ0n) is 11.0. The maximum atomic E-state index is 13.6. The maximum absolute atomic E-state index is 13.6. The van der Waals surface area contributed by atoms with Crippen molar-refractivity contribution in [2.45, 2.75) is 37.9 Å². The minimum atomic E-state index is -4.26. The van der Waals surface area contributed by atoms with Crippen molar-refractivity contribution in [3.05, 3.63) is 34.6 Å². The monoisotopic (exact) mass is 323 g/mol. The van der Waals surface area contributed by atoms with Crippen LogP contribution in [0.3, 0.4) is 0 Å². The third-order valence-corrected chi connectivity index (χ3v) is 3.98. The molecular formula is C14H14ClF4NO. The van der Waals surface area contributed by atoms with Gasteiger partial charge >= 0.3 is 6.18 Å². The largest absolute Gasteiger partial charge is 0.391 e. The highest BCUT2D eigenvalue weighted by Gasteiger charge is 2.42. The molecule has 0 radical (unpaired) electrons. The molecule has 1 fully saturated rings. The van der Waals surface area contributed by atoms with Crippen LogP contribution in [0.25, 0.3) is 0 Å². The first-order valence-corrected chi connectivity index (χ1v) is 6.98. The van der Waals surface area contributed by atoms with Crippen LogP contribution in [0.1, 0.15) is 36.0 Å². The topological polar surface area (TPSA) is 29.1 Å². The number of hydrogen-bond donors (Lipinski definition) is 1. The van der Waals surface area contributed by atoms with E-state index < -0.39 is 29.9 Å². The van der Waals surface area contributed by atoms with E-state index in [-0.39, 0.29) is 23.4 Å². The fourth-order valence-electron chi connectivity index (χ4n) is 2.59. The molecule has 0 bridgehead atoms. The summed E-state index contributed by atoms with van der Waals surface area (Å²) in [6, 6.07) is 3.18. The van der Waals surface area contributed by atoms with Crippen molar-refractivity contribution in [2.75, 3.05) is 0 Å². The molecular weight excluding hydrogens is 310 g/mol. The van der Waals surface area contributed by atoms with Crippen LogP contribution in [-0.2, 0) is 0 Å². The van der Waals surface area contributed by atoms with Crippen LogP contribution in [0.5, 0.6) is 0 Å². The van der Waals surface area contributed by atoms with E-state index >= 15 is 0 Å². The van der Waals surface area contributed by atoms with Gasteiger partial charge in [-0.15, -0.1) is 0 Å². The Bertz CT molecular complexity index is 512. The summed E-state index contributed by atoms with van der Waals surface area (Å²) in [6.45, 7) is 0. The molecule has 1 saturated carbocycles. The first kappa shape index (κ1) is 16.1. The number of halogens is 5. The molecule has 1 aromatic rings. The molecule has 1 N–H and O–H groups in total. The summed E-state index contributed by atoms with van der Waals surface area (Å²) in [5, 5.41) is 2.40. The second-order valence-corrected chi connectivity index (χ2v) is 5.58. The van der Waals surface area contributed by atoms with Gasteiger partial charge in [0.15, 0.2) is 0 Å². The van der Waals surface area contributed by atoms with Gasteiger partial charge in [-0.1, -0.05) is 24.1 Å². The van der Waals surface area contributed by atoms with Crippen molar-refractivity contribution in [1.29, 1.82) is 0 Å². The number of hydrogen-bond acceptors (Lipinski definition) is 1. The first-order valence-electron chi connectivity index (χ1n) is 6.60. The Hall–Kier alpha value is -1.30. The molecule has 1 aliphatic rings. The zero-order valence-corrected chi connectivity index (χ0v) is 11.8. The quantitative estimate of drug-likeness (QED) is 0.806. The molecule has 0 spiro atoms. The molecule has 1 amide bonds. The highest BCUT2D eigenvalue weighted by Crippen LogP contribution is 2.37. The SMILES string of the molecule is O=C(N[C@H]1CCC[C@H](C(F)(F)F)C1)c1c(F)cccc1Cl. The predicted molar refractivity (Wildman–Crippen MR) is 70.7 cm³/mol. The van der Waals surface area contributed by atoms with Crippen molar-refractivity contribution in [3.63, 3.8) is 0 Å². The van der Waals surface area contributed by atoms with Gasteiger partial charge in [-0.25, -0.2) is 4.39 Å². The lowest BCUT2D eigenvalue weighted by Crippen LogP contribution is -2.41. The number of rotatable bonds is 2. The average Bonchev–Trinajstić information content (AvgIpc) is 2.37. The normalized spacial score (nSPS) is 22.9. The number of nitrogens with one attached hydrogen (secondary N) is 1. The van der Waals surface area contributed by atoms with Gasteiger partial charge in [0.1, 0.15) is 5.82 Å². The maximum Gasteiger partial charge on any atom is 0.391 e. The Labute approximate surface area is 124 Å². The molecule has 0 heterocycles. The van der Waals surface area contributed by atoms with Crippen molar-refractivity contribution in [1.82, 2.24) is 5.32 Å². The molecule has 2 atom stereocenters. The standard InChI is InChI=1S/C14H14ClF4NO/c15-10-5-2-6-11(16)12(10)13(21)20-9-4-1-3-8(7-9)14(17,18)19/h2,5-6,8-9H,1,3-4,7H2,(H,20,21)/t8-,9-/m0/s1. The van der Waals surface area contributed by atoms with Crippen molar-refractivity contribution in [2.24, 2.45) is 5.92 Å². The zero-order chi connectivity index (χ0) is 15.6. The Morgan fingerprint density at radius 1 is 1.29 bits per heavy atom. The van der Waals surface area contributed by atoms with Gasteiger partial charge in [-0.05, 0) is 31.4 Å². The molecule has 2 nitrogen and oxygen atoms in total. The predicted octanol–water partition coefficient (Wildman–Crippen LogP) is 4.33. The molecule has 116 valence electrons. The molecule has 1 aliphatic carbocycles. The van der Waals surface area contributed by atoms with E-state index in [1.807, 2.05) is 0 Å². The van der Waals surface area contributed by atoms with E-state index in [9.17, 15) is 22.4 Å². The summed E-state index contributed by atoms with van der Waals surface area (Å²) < 4.78 is 51.7. The minimum Gasteiger partial charge on any atom is -0.349 e. The van der Waals surface area contributed by atoms with Crippen molar-refractivity contribution in [3.8, 4) is 0 Å². The van der Waals surface area contributed by atoms with Gasteiger partial charge in [-0.2, -0.15) is 13.2 Å². The van der Waals surface area contributed by atoms with Gasteiger partial charge in [0.05, 0.1) is 16.5 Å². The number of alkyl halides is 3. The Kier molecular flexibility index (Phi) is 4.76. The molecule has 0 aromatic heterocycles. The van der Waals surface area contributed by atoms with Gasteiger partial charge in [0.2, 0.25) is 0 Å². The first-order chi connectivity index (χ1) is 9.79. The van der Waals surface area contributed by atoms with E-state index in [0.717, 1.165) is 6.07 Å². The van der Waals surface area contributed by atoms with Gasteiger partial charge in [0, 0.05) is 6.04 Å². The Morgan fingerprint density at radius 3 is 2.62 bits per heavy atom. The van der Waals surface area contributed by atoms with Crippen LogP contribution in [-0.4, -0.2) is 18.1 Å². The fraction of sp³-hybridized carbons (Fsp3) is 0.500. The molecule has 21 heavy (non-hydrogen) atoms. The van der Waals surface area contributed by atoms with Crippen molar-refractivity contribution >= 4 is 17.5 Å². The summed E-state index contributed by atoms with van der Waals surface area (Å²) in [5.41, 5.74) is -0.326. The highest BCUT2D eigenvalue weighted by molar-refractivity contribution is 6.33. The minimum absolute atomic E-state index is 0.0596. The smallest absolute Gasteiger partial charge is 0.349 e. The average molecular weight is 324 g/mol. The number of carbonyl (C=O) groups is 1. The summed E-state index contributed by atoms with van der Waals surface area (Å²) in [5.74, 6) is -2.98. The number of carbonyl (C=O) groups excluding carboxylic acids is 1. The molecule has 0 saturated heterocycles. The lowest BCUT2D eigenvalue weighted by molar-refractivity contribution is -0.183. The van der Waals surface area contributed by atoms with Crippen LogP contribution in [0.15, 0.2) is 18.2 Å². The fourth-order valence-corrected chi connectivity index (χ4v) is 2.84. The summed E-state index contributed by atoms with van der Waals surface area (Å²) in [7, 11) is 0. The van der Waals surface area contributed by atoms with Crippen LogP contribution < -0.4 is 5.32 Å². The van der Waals surface area contributed by atoms with E-state index in [1.54, 1.807) is 0 Å². The summed E-state index contributed by atoms with van der Waals surface area (Å²) in [6.07, 6.45) is -3.55. The third kappa shape index (κ3) is 3.87. The molecule has 7 heteroatoms. The van der Waals surface area contributed by atoms with Gasteiger partial charge < -0.3 is 5.32 Å². The van der Waals surface area contributed by atoms with Gasteiger partial charge in [-0.3, -0.25) is 4.79 Å².